The van der Waals surface area contributed by atoms with Crippen molar-refractivity contribution in [3.8, 4) is 11.3 Å². The van der Waals surface area contributed by atoms with Crippen LogP contribution in [0.2, 0.25) is 0 Å². The zero-order chi connectivity index (χ0) is 26.7. The van der Waals surface area contributed by atoms with Crippen molar-refractivity contribution in [3.05, 3.63) is 83.4 Å². The topological polar surface area (TPSA) is 75.4 Å². The highest BCUT2D eigenvalue weighted by Crippen LogP contribution is 2.32. The summed E-state index contributed by atoms with van der Waals surface area (Å²) in [5, 5.41) is 7.44. The number of piperidine rings is 1. The highest BCUT2D eigenvalue weighted by atomic mass is 19.4. The number of fused-ring (bicyclic) bond motifs is 1. The van der Waals surface area contributed by atoms with Gasteiger partial charge in [-0.15, -0.1) is 0 Å². The lowest BCUT2D eigenvalue weighted by Gasteiger charge is -2.32. The number of likely N-dealkylation sites (tertiary alicyclic amines) is 1. The number of hydrogen-bond donors (Lipinski definition) is 1. The average Bonchev–Trinajstić information content (AvgIpc) is 3.36. The van der Waals surface area contributed by atoms with Crippen LogP contribution < -0.4 is 5.32 Å². The van der Waals surface area contributed by atoms with Gasteiger partial charge >= 0.3 is 6.18 Å². The molecule has 1 aliphatic rings. The van der Waals surface area contributed by atoms with E-state index < -0.39 is 11.7 Å². The number of carbonyl (C=O) groups excluding carboxylic acids is 1. The van der Waals surface area contributed by atoms with E-state index in [1.807, 2.05) is 24.5 Å². The predicted octanol–water partition coefficient (Wildman–Crippen LogP) is 5.15. The molecule has 5 rings (SSSR count). The van der Waals surface area contributed by atoms with Gasteiger partial charge in [-0.3, -0.25) is 14.7 Å². The van der Waals surface area contributed by atoms with E-state index in [-0.39, 0.29) is 5.91 Å². The molecule has 1 amide bonds. The van der Waals surface area contributed by atoms with E-state index >= 15 is 0 Å². The quantitative estimate of drug-likeness (QED) is 0.363. The Hall–Kier alpha value is -3.79. The molecule has 10 heteroatoms. The van der Waals surface area contributed by atoms with E-state index in [2.05, 4.69) is 25.3 Å². The Morgan fingerprint density at radius 3 is 2.61 bits per heavy atom. The molecule has 0 radical (unpaired) electrons. The lowest BCUT2D eigenvalue weighted by molar-refractivity contribution is -0.137. The van der Waals surface area contributed by atoms with Gasteiger partial charge in [-0.1, -0.05) is 12.1 Å². The third kappa shape index (κ3) is 5.85. The Kier molecular flexibility index (Phi) is 7.42. The van der Waals surface area contributed by atoms with Crippen molar-refractivity contribution in [2.24, 2.45) is 5.92 Å². The maximum Gasteiger partial charge on any atom is 0.416 e. The molecule has 0 spiro atoms. The predicted molar refractivity (Wildman–Crippen MR) is 137 cm³/mol. The number of aryl methyl sites for hydroxylation is 1. The number of amides is 1. The Bertz CT molecular complexity index is 1410. The highest BCUT2D eigenvalue weighted by molar-refractivity contribution is 5.95. The molecule has 3 aromatic heterocycles. The Morgan fingerprint density at radius 1 is 1.11 bits per heavy atom. The summed E-state index contributed by atoms with van der Waals surface area (Å²) in [5.41, 5.74) is 2.66. The van der Waals surface area contributed by atoms with E-state index in [1.165, 1.54) is 22.3 Å². The summed E-state index contributed by atoms with van der Waals surface area (Å²) < 4.78 is 40.9. The van der Waals surface area contributed by atoms with Gasteiger partial charge in [-0.05, 0) is 75.0 Å². The van der Waals surface area contributed by atoms with Gasteiger partial charge in [-0.25, -0.2) is 9.50 Å². The summed E-state index contributed by atoms with van der Waals surface area (Å²) in [6.07, 6.45) is 3.80. The molecule has 1 aliphatic heterocycles. The molecule has 0 bridgehead atoms. The van der Waals surface area contributed by atoms with Crippen LogP contribution in [-0.2, 0) is 12.7 Å². The number of alkyl halides is 3. The summed E-state index contributed by atoms with van der Waals surface area (Å²) in [7, 11) is 0. The van der Waals surface area contributed by atoms with Crippen LogP contribution in [0.1, 0.15) is 46.4 Å². The van der Waals surface area contributed by atoms with Crippen LogP contribution in [-0.4, -0.2) is 50.0 Å². The van der Waals surface area contributed by atoms with Gasteiger partial charge in [0.25, 0.3) is 5.91 Å². The third-order valence-electron chi connectivity index (χ3n) is 7.16. The fourth-order valence-corrected chi connectivity index (χ4v) is 4.93. The molecule has 1 N–H and O–H groups in total. The van der Waals surface area contributed by atoms with Gasteiger partial charge in [0.2, 0.25) is 0 Å². The Balaban J connectivity index is 1.17. The monoisotopic (exact) mass is 522 g/mol. The van der Waals surface area contributed by atoms with Crippen molar-refractivity contribution in [2.45, 2.75) is 38.9 Å². The first-order chi connectivity index (χ1) is 18.3. The van der Waals surface area contributed by atoms with Crippen molar-refractivity contribution in [1.82, 2.24) is 29.8 Å². The fraction of sp³-hybridized carbons (Fsp3) is 0.357. The molecule has 1 aromatic carbocycles. The second-order valence-electron chi connectivity index (χ2n) is 9.75. The smallest absolute Gasteiger partial charge is 0.352 e. The van der Waals surface area contributed by atoms with E-state index in [9.17, 15) is 18.0 Å². The number of nitrogens with one attached hydrogen (secondary N) is 1. The van der Waals surface area contributed by atoms with Crippen molar-refractivity contribution in [3.63, 3.8) is 0 Å². The molecule has 4 heterocycles. The van der Waals surface area contributed by atoms with Crippen molar-refractivity contribution in [1.29, 1.82) is 0 Å². The van der Waals surface area contributed by atoms with Gasteiger partial charge in [0.15, 0.2) is 5.65 Å². The summed E-state index contributed by atoms with van der Waals surface area (Å²) in [5.74, 6) is 0.329. The van der Waals surface area contributed by atoms with Crippen molar-refractivity contribution < 1.29 is 18.0 Å². The number of carbonyl (C=O) groups is 1. The van der Waals surface area contributed by atoms with Crippen LogP contribution in [0.4, 0.5) is 13.2 Å². The molecule has 0 saturated carbocycles. The average molecular weight is 523 g/mol. The number of aromatic nitrogens is 4. The first-order valence-corrected chi connectivity index (χ1v) is 12.7. The molecule has 1 saturated heterocycles. The maximum atomic E-state index is 13.1. The second-order valence-corrected chi connectivity index (χ2v) is 9.75. The molecule has 0 aliphatic carbocycles. The zero-order valence-corrected chi connectivity index (χ0v) is 21.1. The Morgan fingerprint density at radius 2 is 1.87 bits per heavy atom. The minimum absolute atomic E-state index is 0.233. The molecule has 198 valence electrons. The van der Waals surface area contributed by atoms with Crippen LogP contribution in [0, 0.1) is 12.8 Å². The minimum Gasteiger partial charge on any atom is -0.352 e. The summed E-state index contributed by atoms with van der Waals surface area (Å²) in [6, 6.07) is 10.7. The lowest BCUT2D eigenvalue weighted by atomic mass is 9.93. The summed E-state index contributed by atoms with van der Waals surface area (Å²) >= 11 is 0. The Labute approximate surface area is 218 Å². The largest absolute Gasteiger partial charge is 0.416 e. The first kappa shape index (κ1) is 25.8. The fourth-order valence-electron chi connectivity index (χ4n) is 4.93. The van der Waals surface area contributed by atoms with Gasteiger partial charge in [0.05, 0.1) is 22.5 Å². The number of nitrogens with zero attached hydrogens (tertiary/aromatic N) is 5. The zero-order valence-electron chi connectivity index (χ0n) is 21.1. The molecule has 0 unspecified atom stereocenters. The molecular weight excluding hydrogens is 493 g/mol. The van der Waals surface area contributed by atoms with E-state index in [0.717, 1.165) is 51.0 Å². The molecule has 1 fully saturated rings. The molecule has 7 nitrogen and oxygen atoms in total. The van der Waals surface area contributed by atoms with Crippen LogP contribution >= 0.6 is 0 Å². The van der Waals surface area contributed by atoms with Crippen LogP contribution in [0.5, 0.6) is 0 Å². The van der Waals surface area contributed by atoms with Crippen molar-refractivity contribution in [2.75, 3.05) is 19.6 Å². The highest BCUT2D eigenvalue weighted by Gasteiger charge is 2.30. The molecule has 0 atom stereocenters. The summed E-state index contributed by atoms with van der Waals surface area (Å²) in [6.45, 7) is 5.33. The van der Waals surface area contributed by atoms with E-state index in [4.69, 9.17) is 0 Å². The number of halogens is 3. The van der Waals surface area contributed by atoms with Gasteiger partial charge in [0, 0.05) is 43.3 Å². The van der Waals surface area contributed by atoms with Crippen LogP contribution in [0.25, 0.3) is 16.9 Å². The summed E-state index contributed by atoms with van der Waals surface area (Å²) in [4.78, 5) is 23.8. The van der Waals surface area contributed by atoms with E-state index in [1.54, 1.807) is 19.1 Å². The molecule has 38 heavy (non-hydrogen) atoms. The van der Waals surface area contributed by atoms with Gasteiger partial charge in [0.1, 0.15) is 0 Å². The second kappa shape index (κ2) is 10.9. The third-order valence-corrected chi connectivity index (χ3v) is 7.16. The number of pyridine rings is 1. The van der Waals surface area contributed by atoms with E-state index in [0.29, 0.717) is 40.6 Å². The standard InChI is InChI=1S/C28H29F3N6O/c1-19-24(17-34-26-16-25(35-37(19)26)22-3-2-4-23(15-22)28(29,30)31)27(38)33-12-7-20-8-13-36(14-9-20)18-21-5-10-32-11-6-21/h2-6,10-11,15-17,20H,7-9,12-14,18H2,1H3,(H,33,38). The minimum atomic E-state index is -4.44. The number of benzene rings is 1. The first-order valence-electron chi connectivity index (χ1n) is 12.7. The van der Waals surface area contributed by atoms with Crippen LogP contribution in [0.3, 0.4) is 0 Å². The normalized spacial score (nSPS) is 15.2. The van der Waals surface area contributed by atoms with Gasteiger partial charge < -0.3 is 5.32 Å². The molecular formula is C28H29F3N6O. The van der Waals surface area contributed by atoms with Crippen LogP contribution in [0.15, 0.2) is 61.1 Å². The SMILES string of the molecule is Cc1c(C(=O)NCCC2CCN(Cc3ccncc3)CC2)cnc2cc(-c3cccc(C(F)(F)F)c3)nn12. The number of hydrogen-bond acceptors (Lipinski definition) is 5. The van der Waals surface area contributed by atoms with Gasteiger partial charge in [-0.2, -0.15) is 18.3 Å². The molecule has 4 aromatic rings. The lowest BCUT2D eigenvalue weighted by Crippen LogP contribution is -2.35. The number of rotatable bonds is 7. The van der Waals surface area contributed by atoms with Crippen molar-refractivity contribution >= 4 is 11.6 Å². The maximum absolute atomic E-state index is 13.1.